The number of oxime groups is 1. The highest BCUT2D eigenvalue weighted by Gasteiger charge is 2.19. The zero-order valence-electron chi connectivity index (χ0n) is 11.3. The van der Waals surface area contributed by atoms with Gasteiger partial charge < -0.3 is 15.7 Å². The average molecular weight is 252 g/mol. The lowest BCUT2D eigenvalue weighted by Crippen LogP contribution is -2.22. The van der Waals surface area contributed by atoms with E-state index in [2.05, 4.69) is 15.4 Å². The Kier molecular flexibility index (Phi) is 4.88. The van der Waals surface area contributed by atoms with Crippen LogP contribution in [0.2, 0.25) is 0 Å². The Morgan fingerprint density at radius 2 is 2.00 bits per heavy atom. The lowest BCUT2D eigenvalue weighted by Gasteiger charge is -2.16. The fraction of sp³-hybridized carbons (Fsp3) is 0.583. The standard InChI is InChI=1S/C12H20N4O2/c1-5-8-9(6-2)14-15-12(18-7(3)4)10(8)11(13)16-17/h7,17H,5-6H2,1-4H3,(H2,13,16). The van der Waals surface area contributed by atoms with Crippen LogP contribution in [0, 0.1) is 0 Å². The normalized spacial score (nSPS) is 11.9. The Labute approximate surface area is 107 Å². The lowest BCUT2D eigenvalue weighted by atomic mass is 10.0. The predicted molar refractivity (Wildman–Crippen MR) is 69.1 cm³/mol. The smallest absolute Gasteiger partial charge is 0.245 e. The van der Waals surface area contributed by atoms with Crippen LogP contribution < -0.4 is 10.5 Å². The molecule has 0 amide bonds. The van der Waals surface area contributed by atoms with Crippen LogP contribution in [-0.4, -0.2) is 27.3 Å². The minimum absolute atomic E-state index is 0.00657. The van der Waals surface area contributed by atoms with Crippen LogP contribution in [0.5, 0.6) is 5.88 Å². The van der Waals surface area contributed by atoms with Crippen molar-refractivity contribution in [3.63, 3.8) is 0 Å². The molecule has 0 aliphatic carbocycles. The Balaban J connectivity index is 3.44. The molecule has 0 radical (unpaired) electrons. The Bertz CT molecular complexity index is 444. The van der Waals surface area contributed by atoms with Crippen LogP contribution in [0.1, 0.15) is 44.5 Å². The van der Waals surface area contributed by atoms with Crippen molar-refractivity contribution in [1.29, 1.82) is 0 Å². The van der Waals surface area contributed by atoms with Crippen molar-refractivity contribution in [1.82, 2.24) is 10.2 Å². The number of nitrogens with two attached hydrogens (primary N) is 1. The zero-order valence-corrected chi connectivity index (χ0v) is 11.3. The van der Waals surface area contributed by atoms with E-state index in [1.165, 1.54) is 0 Å². The first-order valence-electron chi connectivity index (χ1n) is 6.08. The van der Waals surface area contributed by atoms with Gasteiger partial charge in [-0.25, -0.2) is 0 Å². The van der Waals surface area contributed by atoms with Crippen LogP contribution in [-0.2, 0) is 12.8 Å². The number of aromatic nitrogens is 2. The van der Waals surface area contributed by atoms with Gasteiger partial charge in [-0.1, -0.05) is 19.0 Å². The highest BCUT2D eigenvalue weighted by molar-refractivity contribution is 6.00. The highest BCUT2D eigenvalue weighted by atomic mass is 16.5. The van der Waals surface area contributed by atoms with Gasteiger partial charge in [0.1, 0.15) is 0 Å². The predicted octanol–water partition coefficient (Wildman–Crippen LogP) is 1.48. The van der Waals surface area contributed by atoms with Gasteiger partial charge in [-0.15, -0.1) is 5.10 Å². The van der Waals surface area contributed by atoms with Gasteiger partial charge in [-0.3, -0.25) is 0 Å². The zero-order chi connectivity index (χ0) is 13.7. The van der Waals surface area contributed by atoms with Crippen LogP contribution >= 0.6 is 0 Å². The first-order chi connectivity index (χ1) is 8.54. The Hall–Kier alpha value is -1.85. The first kappa shape index (κ1) is 14.2. The van der Waals surface area contributed by atoms with Gasteiger partial charge in [-0.05, 0) is 32.3 Å². The summed E-state index contributed by atoms with van der Waals surface area (Å²) in [6.45, 7) is 7.75. The molecule has 0 saturated heterocycles. The van der Waals surface area contributed by atoms with Crippen molar-refractivity contribution in [3.8, 4) is 5.88 Å². The fourth-order valence-corrected chi connectivity index (χ4v) is 1.77. The van der Waals surface area contributed by atoms with Crippen molar-refractivity contribution in [3.05, 3.63) is 16.8 Å². The molecule has 0 unspecified atom stereocenters. The van der Waals surface area contributed by atoms with Crippen molar-refractivity contribution in [2.45, 2.75) is 46.6 Å². The molecule has 0 saturated carbocycles. The number of aryl methyl sites for hydroxylation is 1. The average Bonchev–Trinajstić information content (AvgIpc) is 2.36. The van der Waals surface area contributed by atoms with Gasteiger partial charge in [0.25, 0.3) is 0 Å². The second-order valence-electron chi connectivity index (χ2n) is 4.16. The van der Waals surface area contributed by atoms with Crippen molar-refractivity contribution in [2.75, 3.05) is 0 Å². The third-order valence-corrected chi connectivity index (χ3v) is 2.53. The molecule has 6 nitrogen and oxygen atoms in total. The van der Waals surface area contributed by atoms with E-state index < -0.39 is 0 Å². The molecule has 0 atom stereocenters. The molecule has 0 aliphatic heterocycles. The molecule has 0 aliphatic rings. The maximum Gasteiger partial charge on any atom is 0.245 e. The molecule has 18 heavy (non-hydrogen) atoms. The molecule has 3 N–H and O–H groups in total. The van der Waals surface area contributed by atoms with Gasteiger partial charge in [0.2, 0.25) is 5.88 Å². The second-order valence-corrected chi connectivity index (χ2v) is 4.16. The third kappa shape index (κ3) is 2.88. The molecular formula is C12H20N4O2. The van der Waals surface area contributed by atoms with Crippen molar-refractivity contribution < 1.29 is 9.94 Å². The summed E-state index contributed by atoms with van der Waals surface area (Å²) in [7, 11) is 0. The van der Waals surface area contributed by atoms with Gasteiger partial charge >= 0.3 is 0 Å². The molecule has 0 fully saturated rings. The summed E-state index contributed by atoms with van der Waals surface area (Å²) in [5.74, 6) is 0.321. The monoisotopic (exact) mass is 252 g/mol. The van der Waals surface area contributed by atoms with E-state index in [4.69, 9.17) is 15.7 Å². The van der Waals surface area contributed by atoms with E-state index in [-0.39, 0.29) is 11.9 Å². The number of hydrogen-bond donors (Lipinski definition) is 2. The largest absolute Gasteiger partial charge is 0.473 e. The molecule has 1 aromatic heterocycles. The molecule has 6 heteroatoms. The minimum Gasteiger partial charge on any atom is -0.473 e. The van der Waals surface area contributed by atoms with Crippen LogP contribution in [0.25, 0.3) is 0 Å². The lowest BCUT2D eigenvalue weighted by molar-refractivity contribution is 0.228. The third-order valence-electron chi connectivity index (χ3n) is 2.53. The van der Waals surface area contributed by atoms with Crippen molar-refractivity contribution in [2.24, 2.45) is 10.9 Å². The number of amidine groups is 1. The maximum atomic E-state index is 8.89. The molecular weight excluding hydrogens is 232 g/mol. The molecule has 100 valence electrons. The molecule has 1 aromatic rings. The van der Waals surface area contributed by atoms with Crippen molar-refractivity contribution >= 4 is 5.84 Å². The quantitative estimate of drug-likeness (QED) is 0.358. The van der Waals surface area contributed by atoms with Gasteiger partial charge in [0.15, 0.2) is 5.84 Å². The van der Waals surface area contributed by atoms with E-state index >= 15 is 0 Å². The topological polar surface area (TPSA) is 93.6 Å². The molecule has 1 heterocycles. The van der Waals surface area contributed by atoms with Gasteiger partial charge in [-0.2, -0.15) is 5.10 Å². The van der Waals surface area contributed by atoms with E-state index in [1.807, 2.05) is 27.7 Å². The van der Waals surface area contributed by atoms with Crippen LogP contribution in [0.4, 0.5) is 0 Å². The number of hydrogen-bond acceptors (Lipinski definition) is 5. The molecule has 0 aromatic carbocycles. The van der Waals surface area contributed by atoms with Gasteiger partial charge in [0.05, 0.1) is 17.4 Å². The maximum absolute atomic E-state index is 8.89. The summed E-state index contributed by atoms with van der Waals surface area (Å²) in [6, 6.07) is 0. The van der Waals surface area contributed by atoms with E-state index in [1.54, 1.807) is 0 Å². The van der Waals surface area contributed by atoms with Crippen LogP contribution in [0.15, 0.2) is 5.16 Å². The Morgan fingerprint density at radius 3 is 2.44 bits per heavy atom. The number of ether oxygens (including phenoxy) is 1. The molecule has 1 rings (SSSR count). The molecule has 0 spiro atoms. The van der Waals surface area contributed by atoms with Gasteiger partial charge in [0, 0.05) is 0 Å². The van der Waals surface area contributed by atoms with E-state index in [0.29, 0.717) is 11.4 Å². The summed E-state index contributed by atoms with van der Waals surface area (Å²) >= 11 is 0. The Morgan fingerprint density at radius 1 is 1.33 bits per heavy atom. The summed E-state index contributed by atoms with van der Waals surface area (Å²) in [5, 5.41) is 20.1. The molecule has 0 bridgehead atoms. The number of rotatable bonds is 5. The first-order valence-corrected chi connectivity index (χ1v) is 6.08. The second kappa shape index (κ2) is 6.18. The SMILES string of the molecule is CCc1nnc(OC(C)C)c(C(N)=NO)c1CC. The minimum atomic E-state index is -0.0540. The summed E-state index contributed by atoms with van der Waals surface area (Å²) in [4.78, 5) is 0. The van der Waals surface area contributed by atoms with Crippen LogP contribution in [0.3, 0.4) is 0 Å². The fourth-order valence-electron chi connectivity index (χ4n) is 1.77. The van der Waals surface area contributed by atoms with E-state index in [0.717, 1.165) is 24.1 Å². The summed E-state index contributed by atoms with van der Waals surface area (Å²) in [5.41, 5.74) is 8.02. The highest BCUT2D eigenvalue weighted by Crippen LogP contribution is 2.23. The summed E-state index contributed by atoms with van der Waals surface area (Å²) in [6.07, 6.45) is 1.41. The summed E-state index contributed by atoms with van der Waals surface area (Å²) < 4.78 is 5.56. The van der Waals surface area contributed by atoms with E-state index in [9.17, 15) is 0 Å². The number of nitrogens with zero attached hydrogens (tertiary/aromatic N) is 3.